The molecule has 0 amide bonds. The molecule has 3 rings (SSSR count). The Balaban J connectivity index is 2.17. The van der Waals surface area contributed by atoms with E-state index >= 15 is 0 Å². The number of benzene rings is 2. The number of rotatable bonds is 0. The molecule has 2 aromatic rings. The zero-order valence-corrected chi connectivity index (χ0v) is 9.27. The predicted octanol–water partition coefficient (Wildman–Crippen LogP) is 3.99. The van der Waals surface area contributed by atoms with Gasteiger partial charge in [0.2, 0.25) is 0 Å². The number of aliphatic imine (C=N–C) groups is 1. The first kappa shape index (κ1) is 10.0. The number of hydrogen-bond acceptors (Lipinski definition) is 2. The van der Waals surface area contributed by atoms with E-state index in [-0.39, 0.29) is 5.82 Å². The molecule has 1 aliphatic heterocycles. The van der Waals surface area contributed by atoms with Gasteiger partial charge in [-0.3, -0.25) is 4.99 Å². The van der Waals surface area contributed by atoms with Gasteiger partial charge in [-0.15, -0.1) is 0 Å². The van der Waals surface area contributed by atoms with Crippen LogP contribution in [0.5, 0.6) is 11.5 Å². The summed E-state index contributed by atoms with van der Waals surface area (Å²) in [5.41, 5.74) is 2.62. The van der Waals surface area contributed by atoms with Gasteiger partial charge in [0, 0.05) is 17.8 Å². The van der Waals surface area contributed by atoms with Crippen molar-refractivity contribution in [3.8, 4) is 11.5 Å². The van der Waals surface area contributed by atoms with E-state index in [1.165, 1.54) is 12.1 Å². The lowest BCUT2D eigenvalue weighted by molar-refractivity contribution is 0.478. The van der Waals surface area contributed by atoms with Crippen LogP contribution >= 0.6 is 0 Å². The monoisotopic (exact) mass is 227 g/mol. The molecule has 84 valence electrons. The van der Waals surface area contributed by atoms with Gasteiger partial charge >= 0.3 is 0 Å². The van der Waals surface area contributed by atoms with Gasteiger partial charge in [0.15, 0.2) is 5.75 Å². The molecule has 0 radical (unpaired) electrons. The molecule has 2 nitrogen and oxygen atoms in total. The van der Waals surface area contributed by atoms with E-state index in [0.717, 1.165) is 16.8 Å². The minimum Gasteiger partial charge on any atom is -0.454 e. The molecule has 3 heteroatoms. The van der Waals surface area contributed by atoms with Gasteiger partial charge in [-0.1, -0.05) is 6.07 Å². The first-order valence-electron chi connectivity index (χ1n) is 5.34. The molecular weight excluding hydrogens is 217 g/mol. The van der Waals surface area contributed by atoms with Crippen molar-refractivity contribution >= 4 is 11.9 Å². The number of hydrogen-bond donors (Lipinski definition) is 0. The van der Waals surface area contributed by atoms with Crippen LogP contribution in [0.1, 0.15) is 11.1 Å². The van der Waals surface area contributed by atoms with Crippen molar-refractivity contribution in [1.82, 2.24) is 0 Å². The van der Waals surface area contributed by atoms with Crippen LogP contribution in [0.25, 0.3) is 0 Å². The Hall–Kier alpha value is -2.16. The quantitative estimate of drug-likeness (QED) is 0.569. The molecule has 0 aromatic heterocycles. The average molecular weight is 227 g/mol. The summed E-state index contributed by atoms with van der Waals surface area (Å²) in [7, 11) is 0. The van der Waals surface area contributed by atoms with Crippen LogP contribution < -0.4 is 4.74 Å². The molecule has 17 heavy (non-hydrogen) atoms. The summed E-state index contributed by atoms with van der Waals surface area (Å²) in [6.45, 7) is 1.98. The number of nitrogens with zero attached hydrogens (tertiary/aromatic N) is 1. The van der Waals surface area contributed by atoms with Crippen LogP contribution in [-0.2, 0) is 0 Å². The largest absolute Gasteiger partial charge is 0.454 e. The van der Waals surface area contributed by atoms with Crippen molar-refractivity contribution in [3.05, 3.63) is 53.3 Å². The highest BCUT2D eigenvalue weighted by Gasteiger charge is 2.12. The molecule has 0 fully saturated rings. The highest BCUT2D eigenvalue weighted by atomic mass is 19.1. The van der Waals surface area contributed by atoms with E-state index in [1.54, 1.807) is 12.3 Å². The summed E-state index contributed by atoms with van der Waals surface area (Å²) in [6, 6.07) is 10.2. The van der Waals surface area contributed by atoms with Crippen LogP contribution in [0.4, 0.5) is 10.1 Å². The van der Waals surface area contributed by atoms with Gasteiger partial charge in [0.1, 0.15) is 17.3 Å². The molecule has 0 aliphatic carbocycles. The van der Waals surface area contributed by atoms with Crippen LogP contribution in [0.2, 0.25) is 0 Å². The lowest BCUT2D eigenvalue weighted by Gasteiger charge is -2.08. The normalized spacial score (nSPS) is 12.4. The summed E-state index contributed by atoms with van der Waals surface area (Å²) in [6.07, 6.45) is 1.69. The van der Waals surface area contributed by atoms with Crippen LogP contribution in [0.15, 0.2) is 41.4 Å². The summed E-state index contributed by atoms with van der Waals surface area (Å²) in [5, 5.41) is 0. The maximum absolute atomic E-state index is 13.2. The molecule has 1 heterocycles. The Bertz CT molecular complexity index is 566. The van der Waals surface area contributed by atoms with Crippen molar-refractivity contribution in [2.75, 3.05) is 0 Å². The van der Waals surface area contributed by atoms with Crippen LogP contribution in [-0.4, -0.2) is 6.21 Å². The Morgan fingerprint density at radius 2 is 1.94 bits per heavy atom. The van der Waals surface area contributed by atoms with Gasteiger partial charge in [0.05, 0.1) is 0 Å². The Labute approximate surface area is 98.4 Å². The minimum absolute atomic E-state index is 0.312. The zero-order chi connectivity index (χ0) is 11.8. The van der Waals surface area contributed by atoms with E-state index in [2.05, 4.69) is 4.99 Å². The van der Waals surface area contributed by atoms with Crippen molar-refractivity contribution < 1.29 is 9.13 Å². The van der Waals surface area contributed by atoms with Gasteiger partial charge < -0.3 is 4.74 Å². The molecule has 2 aromatic carbocycles. The second-order valence-corrected chi connectivity index (χ2v) is 4.01. The molecule has 1 aliphatic rings. The molecule has 0 saturated heterocycles. The fourth-order valence-electron chi connectivity index (χ4n) is 1.77. The fourth-order valence-corrected chi connectivity index (χ4v) is 1.77. The third kappa shape index (κ3) is 1.80. The molecule has 0 unspecified atom stereocenters. The zero-order valence-electron chi connectivity index (χ0n) is 9.27. The summed E-state index contributed by atoms with van der Waals surface area (Å²) in [5.74, 6) is 0.844. The summed E-state index contributed by atoms with van der Waals surface area (Å²) < 4.78 is 18.9. The van der Waals surface area contributed by atoms with E-state index < -0.39 is 0 Å². The first-order valence-corrected chi connectivity index (χ1v) is 5.34. The molecule has 0 spiro atoms. The summed E-state index contributed by atoms with van der Waals surface area (Å²) in [4.78, 5) is 4.33. The summed E-state index contributed by atoms with van der Waals surface area (Å²) >= 11 is 0. The number of ether oxygens (including phenoxy) is 1. The van der Waals surface area contributed by atoms with E-state index in [1.807, 2.05) is 25.1 Å². The van der Waals surface area contributed by atoms with Gasteiger partial charge in [-0.25, -0.2) is 4.39 Å². The molecule has 0 N–H and O–H groups in total. The van der Waals surface area contributed by atoms with Gasteiger partial charge in [-0.05, 0) is 36.8 Å². The topological polar surface area (TPSA) is 21.6 Å². The lowest BCUT2D eigenvalue weighted by atomic mass is 10.2. The number of fused-ring (bicyclic) bond motifs is 2. The Morgan fingerprint density at radius 3 is 2.82 bits per heavy atom. The van der Waals surface area contributed by atoms with Crippen molar-refractivity contribution in [2.24, 2.45) is 4.99 Å². The van der Waals surface area contributed by atoms with Crippen LogP contribution in [0, 0.1) is 12.7 Å². The first-order chi connectivity index (χ1) is 8.22. The third-order valence-corrected chi connectivity index (χ3v) is 2.65. The van der Waals surface area contributed by atoms with Crippen molar-refractivity contribution in [3.63, 3.8) is 0 Å². The third-order valence-electron chi connectivity index (χ3n) is 2.65. The Kier molecular flexibility index (Phi) is 2.18. The minimum atomic E-state index is -0.312. The number of aryl methyl sites for hydroxylation is 1. The lowest BCUT2D eigenvalue weighted by Crippen LogP contribution is -1.89. The smallest absolute Gasteiger partial charge is 0.153 e. The SMILES string of the molecule is Cc1ccc2c(c1)Oc1cc(F)ccc1C=N2. The standard InChI is InChI=1S/C14H10FNO/c1-9-2-5-12-14(6-9)17-13-7-11(15)4-3-10(13)8-16-12/h2-8H,1H3. The van der Waals surface area contributed by atoms with E-state index in [4.69, 9.17) is 4.74 Å². The molecular formula is C14H10FNO. The highest BCUT2D eigenvalue weighted by molar-refractivity contribution is 5.87. The molecule has 0 atom stereocenters. The van der Waals surface area contributed by atoms with Crippen LogP contribution in [0.3, 0.4) is 0 Å². The molecule has 0 saturated carbocycles. The average Bonchev–Trinajstić information content (AvgIpc) is 2.46. The second kappa shape index (κ2) is 3.70. The maximum atomic E-state index is 13.2. The molecule has 0 bridgehead atoms. The second-order valence-electron chi connectivity index (χ2n) is 4.01. The highest BCUT2D eigenvalue weighted by Crippen LogP contribution is 2.36. The van der Waals surface area contributed by atoms with E-state index in [9.17, 15) is 4.39 Å². The Morgan fingerprint density at radius 1 is 1.06 bits per heavy atom. The van der Waals surface area contributed by atoms with E-state index in [0.29, 0.717) is 11.5 Å². The fraction of sp³-hybridized carbons (Fsp3) is 0.0714. The maximum Gasteiger partial charge on any atom is 0.153 e. The predicted molar refractivity (Wildman–Crippen MR) is 64.9 cm³/mol. The number of halogens is 1. The van der Waals surface area contributed by atoms with Crippen molar-refractivity contribution in [2.45, 2.75) is 6.92 Å². The van der Waals surface area contributed by atoms with Gasteiger partial charge in [-0.2, -0.15) is 0 Å². The van der Waals surface area contributed by atoms with Gasteiger partial charge in [0.25, 0.3) is 0 Å². The van der Waals surface area contributed by atoms with Crippen molar-refractivity contribution in [1.29, 1.82) is 0 Å².